The van der Waals surface area contributed by atoms with Crippen LogP contribution in [0.15, 0.2) is 41.1 Å². The van der Waals surface area contributed by atoms with Crippen LogP contribution in [0.1, 0.15) is 4.88 Å². The van der Waals surface area contributed by atoms with E-state index in [0.717, 1.165) is 4.88 Å². The molecule has 2 heterocycles. The van der Waals surface area contributed by atoms with Crippen molar-refractivity contribution in [1.29, 1.82) is 0 Å². The maximum atomic E-state index is 13.1. The molecular weight excluding hydrogens is 348 g/mol. The van der Waals surface area contributed by atoms with E-state index in [1.165, 1.54) is 22.6 Å². The smallest absolute Gasteiger partial charge is 0.126 e. The highest BCUT2D eigenvalue weighted by molar-refractivity contribution is 7.14. The lowest BCUT2D eigenvalue weighted by molar-refractivity contribution is 0.628. The molecule has 108 valence electrons. The fraction of sp³-hybridized carbons (Fsp3) is 0.0667. The number of nitrogens with one attached hydrogen (secondary N) is 1. The topological polar surface area (TPSA) is 12.0 Å². The number of benzene rings is 1. The van der Waals surface area contributed by atoms with E-state index < -0.39 is 5.82 Å². The van der Waals surface area contributed by atoms with Gasteiger partial charge < -0.3 is 5.32 Å². The molecule has 0 bridgehead atoms. The molecular formula is C15H10Cl2FNS2. The van der Waals surface area contributed by atoms with Crippen LogP contribution in [0.4, 0.5) is 10.1 Å². The highest BCUT2D eigenvalue weighted by Gasteiger charge is 2.09. The third kappa shape index (κ3) is 3.40. The van der Waals surface area contributed by atoms with Crippen LogP contribution < -0.4 is 5.32 Å². The molecule has 0 aliphatic rings. The SMILES string of the molecule is Fc1cc(Cl)c(NCc2cc(-c3cccs3)cs2)c(Cl)c1. The van der Waals surface area contributed by atoms with Crippen LogP contribution in [0.5, 0.6) is 0 Å². The quantitative estimate of drug-likeness (QED) is 0.559. The fourth-order valence-corrected chi connectivity index (χ4v) is 4.14. The van der Waals surface area contributed by atoms with Gasteiger partial charge in [0.15, 0.2) is 0 Å². The average molecular weight is 358 g/mol. The number of hydrogen-bond donors (Lipinski definition) is 1. The van der Waals surface area contributed by atoms with Gasteiger partial charge in [0.05, 0.1) is 15.7 Å². The van der Waals surface area contributed by atoms with Crippen molar-refractivity contribution < 1.29 is 4.39 Å². The molecule has 6 heteroatoms. The van der Waals surface area contributed by atoms with Crippen molar-refractivity contribution in [3.05, 3.63) is 61.8 Å². The van der Waals surface area contributed by atoms with Crippen molar-refractivity contribution in [2.75, 3.05) is 5.32 Å². The van der Waals surface area contributed by atoms with Crippen molar-refractivity contribution in [3.63, 3.8) is 0 Å². The summed E-state index contributed by atoms with van der Waals surface area (Å²) in [6, 6.07) is 8.77. The summed E-state index contributed by atoms with van der Waals surface area (Å²) in [5, 5.41) is 7.92. The number of anilines is 1. The monoisotopic (exact) mass is 357 g/mol. The van der Waals surface area contributed by atoms with E-state index >= 15 is 0 Å². The van der Waals surface area contributed by atoms with Gasteiger partial charge in [-0.3, -0.25) is 0 Å². The van der Waals surface area contributed by atoms with Crippen molar-refractivity contribution in [1.82, 2.24) is 0 Å². The minimum atomic E-state index is -0.438. The zero-order valence-corrected chi connectivity index (χ0v) is 13.8. The lowest BCUT2D eigenvalue weighted by atomic mass is 10.2. The van der Waals surface area contributed by atoms with E-state index in [1.54, 1.807) is 22.7 Å². The lowest BCUT2D eigenvalue weighted by Gasteiger charge is -2.09. The Morgan fingerprint density at radius 3 is 2.52 bits per heavy atom. The van der Waals surface area contributed by atoms with Gasteiger partial charge in [0.25, 0.3) is 0 Å². The molecule has 1 N–H and O–H groups in total. The van der Waals surface area contributed by atoms with E-state index in [0.29, 0.717) is 12.2 Å². The van der Waals surface area contributed by atoms with Crippen molar-refractivity contribution in [3.8, 4) is 10.4 Å². The first-order valence-electron chi connectivity index (χ1n) is 6.13. The van der Waals surface area contributed by atoms with Gasteiger partial charge in [-0.25, -0.2) is 4.39 Å². The molecule has 0 radical (unpaired) electrons. The summed E-state index contributed by atoms with van der Waals surface area (Å²) in [4.78, 5) is 2.41. The summed E-state index contributed by atoms with van der Waals surface area (Å²) < 4.78 is 13.1. The Kier molecular flexibility index (Phi) is 4.50. The first-order valence-corrected chi connectivity index (χ1v) is 8.65. The van der Waals surface area contributed by atoms with E-state index in [2.05, 4.69) is 28.2 Å². The van der Waals surface area contributed by atoms with Crippen LogP contribution >= 0.6 is 45.9 Å². The second-order valence-electron chi connectivity index (χ2n) is 4.38. The first-order chi connectivity index (χ1) is 10.1. The molecule has 0 unspecified atom stereocenters. The van der Waals surface area contributed by atoms with E-state index in [9.17, 15) is 4.39 Å². The summed E-state index contributed by atoms with van der Waals surface area (Å²) in [6.07, 6.45) is 0. The molecule has 0 fully saturated rings. The zero-order chi connectivity index (χ0) is 14.8. The number of thiophene rings is 2. The Hall–Kier alpha value is -1.07. The maximum absolute atomic E-state index is 13.1. The van der Waals surface area contributed by atoms with Crippen LogP contribution in [0.2, 0.25) is 10.0 Å². The van der Waals surface area contributed by atoms with E-state index in [1.807, 2.05) is 6.07 Å². The molecule has 0 amide bonds. The van der Waals surface area contributed by atoms with Gasteiger partial charge in [0.2, 0.25) is 0 Å². The molecule has 2 aromatic heterocycles. The summed E-state index contributed by atoms with van der Waals surface area (Å²) in [5.74, 6) is -0.438. The van der Waals surface area contributed by atoms with Gasteiger partial charge in [-0.05, 0) is 35.0 Å². The largest absolute Gasteiger partial charge is 0.378 e. The molecule has 0 atom stereocenters. The van der Waals surface area contributed by atoms with Gasteiger partial charge in [0.1, 0.15) is 5.82 Å². The predicted octanol–water partition coefficient (Wildman–Crippen LogP) is 6.53. The fourth-order valence-electron chi connectivity index (χ4n) is 1.93. The van der Waals surface area contributed by atoms with Crippen LogP contribution in [0, 0.1) is 5.82 Å². The Balaban J connectivity index is 1.74. The van der Waals surface area contributed by atoms with Crippen LogP contribution in [0.3, 0.4) is 0 Å². The molecule has 0 saturated heterocycles. The van der Waals surface area contributed by atoms with Gasteiger partial charge in [0, 0.05) is 21.9 Å². The van der Waals surface area contributed by atoms with Crippen LogP contribution in [0.25, 0.3) is 10.4 Å². The highest BCUT2D eigenvalue weighted by atomic mass is 35.5. The van der Waals surface area contributed by atoms with Crippen LogP contribution in [-0.2, 0) is 6.54 Å². The standard InChI is InChI=1S/C15H10Cl2FNS2/c16-12-5-10(18)6-13(17)15(12)19-7-11-4-9(8-21-11)14-2-1-3-20-14/h1-6,8,19H,7H2. The maximum Gasteiger partial charge on any atom is 0.126 e. The van der Waals surface area contributed by atoms with E-state index in [4.69, 9.17) is 23.2 Å². The molecule has 3 rings (SSSR count). The minimum absolute atomic E-state index is 0.287. The minimum Gasteiger partial charge on any atom is -0.378 e. The summed E-state index contributed by atoms with van der Waals surface area (Å²) in [7, 11) is 0. The average Bonchev–Trinajstić information content (AvgIpc) is 3.08. The number of rotatable bonds is 4. The molecule has 0 aliphatic heterocycles. The summed E-state index contributed by atoms with van der Waals surface area (Å²) in [5.41, 5.74) is 1.77. The third-order valence-electron chi connectivity index (χ3n) is 2.91. The third-order valence-corrected chi connectivity index (χ3v) is 5.36. The Bertz CT molecular complexity index is 730. The molecule has 1 nitrogen and oxygen atoms in total. The molecule has 0 aliphatic carbocycles. The van der Waals surface area contributed by atoms with Gasteiger partial charge in [-0.2, -0.15) is 0 Å². The molecule has 0 spiro atoms. The summed E-state index contributed by atoms with van der Waals surface area (Å²) in [6.45, 7) is 0.598. The second-order valence-corrected chi connectivity index (χ2v) is 7.13. The van der Waals surface area contributed by atoms with Gasteiger partial charge >= 0.3 is 0 Å². The van der Waals surface area contributed by atoms with Gasteiger partial charge in [-0.1, -0.05) is 29.3 Å². The van der Waals surface area contributed by atoms with Gasteiger partial charge in [-0.15, -0.1) is 22.7 Å². The molecule has 21 heavy (non-hydrogen) atoms. The predicted molar refractivity (Wildman–Crippen MR) is 91.4 cm³/mol. The Morgan fingerprint density at radius 1 is 1.10 bits per heavy atom. The Morgan fingerprint density at radius 2 is 1.86 bits per heavy atom. The number of halogens is 3. The second kappa shape index (κ2) is 6.36. The lowest BCUT2D eigenvalue weighted by Crippen LogP contribution is -1.99. The van der Waals surface area contributed by atoms with Crippen molar-refractivity contribution >= 4 is 51.6 Å². The van der Waals surface area contributed by atoms with Crippen molar-refractivity contribution in [2.24, 2.45) is 0 Å². The zero-order valence-electron chi connectivity index (χ0n) is 10.7. The molecule has 1 aromatic carbocycles. The van der Waals surface area contributed by atoms with Crippen LogP contribution in [-0.4, -0.2) is 0 Å². The first kappa shape index (κ1) is 14.9. The Labute approximate surface area is 140 Å². The number of hydrogen-bond acceptors (Lipinski definition) is 3. The normalized spacial score (nSPS) is 10.8. The van der Waals surface area contributed by atoms with Crippen molar-refractivity contribution in [2.45, 2.75) is 6.54 Å². The molecule has 0 saturated carbocycles. The summed E-state index contributed by atoms with van der Waals surface area (Å²) >= 11 is 15.4. The molecule has 3 aromatic rings. The highest BCUT2D eigenvalue weighted by Crippen LogP contribution is 2.33. The van der Waals surface area contributed by atoms with E-state index in [-0.39, 0.29) is 10.0 Å².